The summed E-state index contributed by atoms with van der Waals surface area (Å²) >= 11 is 1.20. The van der Waals surface area contributed by atoms with Crippen LogP contribution in [0.4, 0.5) is 0 Å². The fraction of sp³-hybridized carbons (Fsp3) is 0.250. The molecule has 0 radical (unpaired) electrons. The Labute approximate surface area is 139 Å². The summed E-state index contributed by atoms with van der Waals surface area (Å²) in [5, 5.41) is 14.8. The highest BCUT2D eigenvalue weighted by Gasteiger charge is 2.09. The zero-order valence-electron chi connectivity index (χ0n) is 12.9. The highest BCUT2D eigenvalue weighted by Crippen LogP contribution is 2.27. The SMILES string of the molecule is COc1ccc(CNC(=O)CSc2cccc[n+]2[O-])cc1OC. The van der Waals surface area contributed by atoms with Crippen LogP contribution in [0.25, 0.3) is 0 Å². The van der Waals surface area contributed by atoms with Crippen LogP contribution in [-0.2, 0) is 11.3 Å². The van der Waals surface area contributed by atoms with E-state index in [0.717, 1.165) is 10.3 Å². The quantitative estimate of drug-likeness (QED) is 0.474. The minimum atomic E-state index is -0.145. The number of aromatic nitrogens is 1. The standard InChI is InChI=1S/C16H18N2O4S/c1-21-13-7-6-12(9-14(13)22-2)10-17-15(19)11-23-16-5-3-4-8-18(16)20/h3-9H,10-11H2,1-2H3,(H,17,19). The van der Waals surface area contributed by atoms with E-state index in [1.165, 1.54) is 18.0 Å². The van der Waals surface area contributed by atoms with Crippen LogP contribution in [0.2, 0.25) is 0 Å². The number of nitrogens with zero attached hydrogens (tertiary/aromatic N) is 1. The molecular weight excluding hydrogens is 316 g/mol. The number of benzene rings is 1. The summed E-state index contributed by atoms with van der Waals surface area (Å²) < 4.78 is 11.1. The number of nitrogens with one attached hydrogen (secondary N) is 1. The molecule has 0 saturated heterocycles. The zero-order chi connectivity index (χ0) is 16.7. The van der Waals surface area contributed by atoms with Crippen LogP contribution in [-0.4, -0.2) is 25.9 Å². The summed E-state index contributed by atoms with van der Waals surface area (Å²) in [6, 6.07) is 10.6. The Morgan fingerprint density at radius 2 is 2.00 bits per heavy atom. The average Bonchev–Trinajstić information content (AvgIpc) is 2.58. The Morgan fingerprint density at radius 1 is 1.22 bits per heavy atom. The number of amides is 1. The van der Waals surface area contributed by atoms with Gasteiger partial charge in [0.2, 0.25) is 5.91 Å². The lowest BCUT2D eigenvalue weighted by molar-refractivity contribution is -0.645. The first kappa shape index (κ1) is 17.0. The van der Waals surface area contributed by atoms with E-state index in [2.05, 4.69) is 5.32 Å². The summed E-state index contributed by atoms with van der Waals surface area (Å²) in [6.07, 6.45) is 1.41. The van der Waals surface area contributed by atoms with E-state index in [4.69, 9.17) is 9.47 Å². The third-order valence-corrected chi connectivity index (χ3v) is 4.10. The molecule has 1 heterocycles. The van der Waals surface area contributed by atoms with Gasteiger partial charge >= 0.3 is 0 Å². The highest BCUT2D eigenvalue weighted by molar-refractivity contribution is 7.99. The minimum absolute atomic E-state index is 0.145. The largest absolute Gasteiger partial charge is 0.618 e. The Balaban J connectivity index is 1.86. The van der Waals surface area contributed by atoms with E-state index in [-0.39, 0.29) is 11.7 Å². The number of rotatable bonds is 7. The van der Waals surface area contributed by atoms with Gasteiger partial charge in [-0.25, -0.2) is 0 Å². The third-order valence-electron chi connectivity index (χ3n) is 3.08. The number of hydrogen-bond acceptors (Lipinski definition) is 5. The molecule has 0 bridgehead atoms. The van der Waals surface area contributed by atoms with Crippen molar-refractivity contribution >= 4 is 17.7 Å². The number of carbonyl (C=O) groups is 1. The molecule has 1 amide bonds. The van der Waals surface area contributed by atoms with Crippen LogP contribution in [0.3, 0.4) is 0 Å². The lowest BCUT2D eigenvalue weighted by Crippen LogP contribution is -2.29. The van der Waals surface area contributed by atoms with Crippen LogP contribution < -0.4 is 19.5 Å². The number of hydrogen-bond donors (Lipinski definition) is 1. The normalized spacial score (nSPS) is 10.2. The van der Waals surface area contributed by atoms with Gasteiger partial charge in [0.05, 0.1) is 20.0 Å². The van der Waals surface area contributed by atoms with E-state index in [1.807, 2.05) is 12.1 Å². The first-order chi connectivity index (χ1) is 11.1. The Kier molecular flexibility index (Phi) is 6.10. The summed E-state index contributed by atoms with van der Waals surface area (Å²) in [6.45, 7) is 0.381. The van der Waals surface area contributed by atoms with E-state index in [1.54, 1.807) is 38.5 Å². The van der Waals surface area contributed by atoms with Gasteiger partial charge in [-0.15, -0.1) is 0 Å². The maximum absolute atomic E-state index is 11.9. The number of methoxy groups -OCH3 is 2. The van der Waals surface area contributed by atoms with Crippen molar-refractivity contribution in [2.24, 2.45) is 0 Å². The Hall–Kier alpha value is -2.41. The lowest BCUT2D eigenvalue weighted by Gasteiger charge is -2.10. The number of ether oxygens (including phenoxy) is 2. The van der Waals surface area contributed by atoms with Crippen molar-refractivity contribution in [2.45, 2.75) is 11.6 Å². The van der Waals surface area contributed by atoms with Crippen LogP contribution in [0, 0.1) is 5.21 Å². The summed E-state index contributed by atoms with van der Waals surface area (Å²) in [4.78, 5) is 11.9. The van der Waals surface area contributed by atoms with Crippen molar-refractivity contribution in [2.75, 3.05) is 20.0 Å². The maximum atomic E-state index is 11.9. The molecule has 23 heavy (non-hydrogen) atoms. The second-order valence-corrected chi connectivity index (χ2v) is 5.62. The molecule has 0 aliphatic carbocycles. The van der Waals surface area contributed by atoms with Crippen molar-refractivity contribution in [3.8, 4) is 11.5 Å². The molecule has 0 unspecified atom stereocenters. The molecule has 1 aromatic carbocycles. The lowest BCUT2D eigenvalue weighted by atomic mass is 10.2. The molecule has 0 atom stereocenters. The molecular formula is C16H18N2O4S. The van der Waals surface area contributed by atoms with Crippen molar-refractivity contribution in [3.05, 3.63) is 53.4 Å². The fourth-order valence-corrected chi connectivity index (χ4v) is 2.65. The zero-order valence-corrected chi connectivity index (χ0v) is 13.8. The number of pyridine rings is 1. The predicted octanol–water partition coefficient (Wildman–Crippen LogP) is 1.75. The third kappa shape index (κ3) is 4.79. The molecule has 2 aromatic rings. The van der Waals surface area contributed by atoms with Gasteiger partial charge in [0.25, 0.3) is 5.03 Å². The molecule has 122 valence electrons. The first-order valence-electron chi connectivity index (χ1n) is 6.92. The predicted molar refractivity (Wildman–Crippen MR) is 87.5 cm³/mol. The number of carbonyl (C=O) groups excluding carboxylic acids is 1. The molecule has 1 N–H and O–H groups in total. The molecule has 0 aliphatic rings. The van der Waals surface area contributed by atoms with E-state index in [0.29, 0.717) is 23.1 Å². The average molecular weight is 334 g/mol. The van der Waals surface area contributed by atoms with Gasteiger partial charge in [-0.1, -0.05) is 6.07 Å². The minimum Gasteiger partial charge on any atom is -0.618 e. The second-order valence-electron chi connectivity index (χ2n) is 4.62. The summed E-state index contributed by atoms with van der Waals surface area (Å²) in [5.74, 6) is 1.29. The van der Waals surface area contributed by atoms with Crippen molar-refractivity contribution in [3.63, 3.8) is 0 Å². The van der Waals surface area contributed by atoms with Gasteiger partial charge in [-0.3, -0.25) is 4.79 Å². The van der Waals surface area contributed by atoms with Crippen molar-refractivity contribution in [1.82, 2.24) is 5.32 Å². The second kappa shape index (κ2) is 8.28. The van der Waals surface area contributed by atoms with Crippen LogP contribution in [0.1, 0.15) is 5.56 Å². The molecule has 1 aromatic heterocycles. The summed E-state index contributed by atoms with van der Waals surface area (Å²) in [5.41, 5.74) is 0.902. The molecule has 0 aliphatic heterocycles. The Morgan fingerprint density at radius 3 is 2.70 bits per heavy atom. The van der Waals surface area contributed by atoms with Crippen LogP contribution >= 0.6 is 11.8 Å². The van der Waals surface area contributed by atoms with Gasteiger partial charge in [0, 0.05) is 18.7 Å². The summed E-state index contributed by atoms with van der Waals surface area (Å²) in [7, 11) is 3.14. The monoisotopic (exact) mass is 334 g/mol. The van der Waals surface area contributed by atoms with E-state index < -0.39 is 0 Å². The van der Waals surface area contributed by atoms with Gasteiger partial charge in [0.1, 0.15) is 0 Å². The molecule has 0 fully saturated rings. The molecule has 0 saturated carbocycles. The van der Waals surface area contributed by atoms with Gasteiger partial charge < -0.3 is 20.0 Å². The van der Waals surface area contributed by atoms with Gasteiger partial charge in [-0.05, 0) is 35.5 Å². The smallest absolute Gasteiger partial charge is 0.251 e. The molecule has 6 nitrogen and oxygen atoms in total. The van der Waals surface area contributed by atoms with Gasteiger partial charge in [0.15, 0.2) is 17.7 Å². The van der Waals surface area contributed by atoms with Crippen molar-refractivity contribution in [1.29, 1.82) is 0 Å². The van der Waals surface area contributed by atoms with E-state index in [9.17, 15) is 10.0 Å². The topological polar surface area (TPSA) is 74.5 Å². The highest BCUT2D eigenvalue weighted by atomic mass is 32.2. The molecule has 7 heteroatoms. The van der Waals surface area contributed by atoms with Crippen LogP contribution in [0.15, 0.2) is 47.6 Å². The fourth-order valence-electron chi connectivity index (χ4n) is 1.91. The van der Waals surface area contributed by atoms with Crippen molar-refractivity contribution < 1.29 is 19.0 Å². The first-order valence-corrected chi connectivity index (χ1v) is 7.91. The maximum Gasteiger partial charge on any atom is 0.251 e. The number of thioether (sulfide) groups is 1. The Bertz CT molecular complexity index is 679. The molecule has 0 spiro atoms. The van der Waals surface area contributed by atoms with Gasteiger partial charge in [-0.2, -0.15) is 4.73 Å². The van der Waals surface area contributed by atoms with E-state index >= 15 is 0 Å². The van der Waals surface area contributed by atoms with Crippen LogP contribution in [0.5, 0.6) is 11.5 Å². The molecule has 2 rings (SSSR count).